The van der Waals surface area contributed by atoms with Crippen LogP contribution in [0.15, 0.2) is 30.6 Å². The fourth-order valence-corrected chi connectivity index (χ4v) is 5.41. The number of benzene rings is 1. The number of imidazole rings is 1. The van der Waals surface area contributed by atoms with E-state index in [0.29, 0.717) is 30.4 Å². The quantitative estimate of drug-likeness (QED) is 0.733. The summed E-state index contributed by atoms with van der Waals surface area (Å²) in [5.74, 6) is 0.691. The van der Waals surface area contributed by atoms with E-state index in [1.165, 1.54) is 27.5 Å². The number of hydrogen-bond acceptors (Lipinski definition) is 4. The number of anilines is 1. The van der Waals surface area contributed by atoms with Crippen LogP contribution in [0, 0.1) is 12.7 Å². The number of rotatable bonds is 4. The molecule has 2 aromatic rings. The third-order valence-corrected chi connectivity index (χ3v) is 6.94. The lowest BCUT2D eigenvalue weighted by Crippen LogP contribution is -2.59. The molecule has 1 saturated heterocycles. The molecule has 148 valence electrons. The number of piperazine rings is 1. The van der Waals surface area contributed by atoms with Crippen molar-refractivity contribution in [2.75, 3.05) is 25.1 Å². The Morgan fingerprint density at radius 3 is 2.33 bits per heavy atom. The first kappa shape index (κ1) is 19.6. The lowest BCUT2D eigenvalue weighted by Gasteiger charge is -2.44. The molecule has 1 aromatic carbocycles. The SMILES string of the molecule is COc1cc(F)cc(N2[C@H](C)CN(S(=O)(=O)n3cc[n+](C)c3C)C[C@H]2C)c1. The van der Waals surface area contributed by atoms with Gasteiger partial charge < -0.3 is 9.64 Å². The highest BCUT2D eigenvalue weighted by Gasteiger charge is 2.39. The molecule has 1 aromatic heterocycles. The first-order chi connectivity index (χ1) is 12.6. The van der Waals surface area contributed by atoms with E-state index in [4.69, 9.17) is 4.74 Å². The Hall–Kier alpha value is -2.13. The van der Waals surface area contributed by atoms with Crippen LogP contribution in [0.3, 0.4) is 0 Å². The molecule has 2 atom stereocenters. The Morgan fingerprint density at radius 2 is 1.81 bits per heavy atom. The van der Waals surface area contributed by atoms with E-state index in [9.17, 15) is 12.8 Å². The minimum atomic E-state index is -3.66. The number of methoxy groups -OCH3 is 1. The van der Waals surface area contributed by atoms with Crippen molar-refractivity contribution in [1.29, 1.82) is 0 Å². The van der Waals surface area contributed by atoms with E-state index in [2.05, 4.69) is 0 Å². The molecular formula is C18H26FN4O3S+. The number of nitrogens with zero attached hydrogens (tertiary/aromatic N) is 4. The summed E-state index contributed by atoms with van der Waals surface area (Å²) in [7, 11) is -0.358. The number of aromatic nitrogens is 2. The molecule has 27 heavy (non-hydrogen) atoms. The Balaban J connectivity index is 1.89. The van der Waals surface area contributed by atoms with E-state index in [0.717, 1.165) is 0 Å². The summed E-state index contributed by atoms with van der Waals surface area (Å²) in [6.07, 6.45) is 3.28. The van der Waals surface area contributed by atoms with E-state index >= 15 is 0 Å². The standard InChI is InChI=1S/C18H26FN4O3S/c1-13-11-21(27(24,25)22-7-6-20(4)15(22)3)12-14(2)23(13)17-8-16(19)9-18(10-17)26-5/h6-10,13-14H,11-12H2,1-5H3/q+1/t13-,14-/m1/s1. The predicted molar refractivity (Wildman–Crippen MR) is 101 cm³/mol. The molecule has 3 rings (SSSR count). The molecule has 1 aliphatic heterocycles. The maximum Gasteiger partial charge on any atom is 0.380 e. The Bertz CT molecular complexity index is 932. The van der Waals surface area contributed by atoms with Gasteiger partial charge in [0.05, 0.1) is 14.2 Å². The van der Waals surface area contributed by atoms with Gasteiger partial charge in [-0.25, -0.2) is 8.96 Å². The third kappa shape index (κ3) is 3.53. The molecule has 1 aliphatic rings. The zero-order chi connectivity index (χ0) is 19.9. The molecule has 0 spiro atoms. The van der Waals surface area contributed by atoms with Crippen LogP contribution >= 0.6 is 0 Å². The van der Waals surface area contributed by atoms with Gasteiger partial charge in [-0.3, -0.25) is 0 Å². The van der Waals surface area contributed by atoms with Crippen molar-refractivity contribution in [1.82, 2.24) is 8.28 Å². The molecule has 0 bridgehead atoms. The van der Waals surface area contributed by atoms with Gasteiger partial charge >= 0.3 is 10.2 Å². The molecule has 0 radical (unpaired) electrons. The molecule has 2 heterocycles. The largest absolute Gasteiger partial charge is 0.497 e. The molecule has 1 fully saturated rings. The number of halogens is 1. The van der Waals surface area contributed by atoms with Crippen LogP contribution in [0.5, 0.6) is 5.75 Å². The predicted octanol–water partition coefficient (Wildman–Crippen LogP) is 1.46. The van der Waals surface area contributed by atoms with Crippen LogP contribution in [-0.4, -0.2) is 49.0 Å². The van der Waals surface area contributed by atoms with Crippen molar-refractivity contribution in [3.8, 4) is 5.75 Å². The lowest BCUT2D eigenvalue weighted by molar-refractivity contribution is -0.676. The van der Waals surface area contributed by atoms with Crippen LogP contribution in [-0.2, 0) is 17.3 Å². The normalized spacial score (nSPS) is 21.5. The van der Waals surface area contributed by atoms with Gasteiger partial charge in [0.15, 0.2) is 0 Å². The van der Waals surface area contributed by atoms with Gasteiger partial charge in [-0.15, -0.1) is 3.97 Å². The Morgan fingerprint density at radius 1 is 1.19 bits per heavy atom. The summed E-state index contributed by atoms with van der Waals surface area (Å²) >= 11 is 0. The highest BCUT2D eigenvalue weighted by atomic mass is 32.2. The van der Waals surface area contributed by atoms with Gasteiger partial charge in [-0.1, -0.05) is 0 Å². The molecule has 0 unspecified atom stereocenters. The minimum absolute atomic E-state index is 0.125. The van der Waals surface area contributed by atoms with Crippen LogP contribution in [0.4, 0.5) is 10.1 Å². The minimum Gasteiger partial charge on any atom is -0.497 e. The van der Waals surface area contributed by atoms with Crippen LogP contribution in [0.25, 0.3) is 0 Å². The van der Waals surface area contributed by atoms with Crippen molar-refractivity contribution < 1.29 is 22.1 Å². The fraction of sp³-hybridized carbons (Fsp3) is 0.500. The first-order valence-corrected chi connectivity index (χ1v) is 10.2. The van der Waals surface area contributed by atoms with Crippen molar-refractivity contribution in [2.45, 2.75) is 32.9 Å². The number of aryl methyl sites for hydroxylation is 1. The average Bonchev–Trinajstić information content (AvgIpc) is 2.93. The second kappa shape index (κ2) is 7.12. The molecule has 0 N–H and O–H groups in total. The van der Waals surface area contributed by atoms with E-state index in [1.54, 1.807) is 30.0 Å². The van der Waals surface area contributed by atoms with Gasteiger partial charge in [-0.2, -0.15) is 12.7 Å². The van der Waals surface area contributed by atoms with E-state index in [-0.39, 0.29) is 17.9 Å². The van der Waals surface area contributed by atoms with Gasteiger partial charge in [-0.05, 0) is 19.9 Å². The van der Waals surface area contributed by atoms with Crippen molar-refractivity contribution >= 4 is 15.9 Å². The van der Waals surface area contributed by atoms with Gasteiger partial charge in [0.25, 0.3) is 5.82 Å². The van der Waals surface area contributed by atoms with Gasteiger partial charge in [0.1, 0.15) is 24.0 Å². The fourth-order valence-electron chi connectivity index (χ4n) is 3.69. The van der Waals surface area contributed by atoms with Crippen LogP contribution in [0.1, 0.15) is 19.7 Å². The Labute approximate surface area is 159 Å². The molecule has 0 aliphatic carbocycles. The van der Waals surface area contributed by atoms with E-state index in [1.807, 2.05) is 25.8 Å². The van der Waals surface area contributed by atoms with Crippen LogP contribution < -0.4 is 14.2 Å². The summed E-state index contributed by atoms with van der Waals surface area (Å²) in [6, 6.07) is 4.31. The molecular weight excluding hydrogens is 371 g/mol. The molecule has 0 saturated carbocycles. The highest BCUT2D eigenvalue weighted by Crippen LogP contribution is 2.30. The second-order valence-corrected chi connectivity index (χ2v) is 8.84. The summed E-state index contributed by atoms with van der Waals surface area (Å²) in [5, 5.41) is 0. The maximum absolute atomic E-state index is 13.9. The van der Waals surface area contributed by atoms with Crippen molar-refractivity contribution in [3.05, 3.63) is 42.2 Å². The van der Waals surface area contributed by atoms with Crippen molar-refractivity contribution in [2.24, 2.45) is 7.05 Å². The first-order valence-electron chi connectivity index (χ1n) is 8.82. The molecule has 7 nitrogen and oxygen atoms in total. The van der Waals surface area contributed by atoms with E-state index < -0.39 is 10.2 Å². The van der Waals surface area contributed by atoms with Gasteiger partial charge in [0.2, 0.25) is 0 Å². The lowest BCUT2D eigenvalue weighted by atomic mass is 10.1. The highest BCUT2D eigenvalue weighted by molar-refractivity contribution is 7.87. The zero-order valence-corrected chi connectivity index (χ0v) is 17.1. The Kier molecular flexibility index (Phi) is 5.18. The number of hydrogen-bond donors (Lipinski definition) is 0. The van der Waals surface area contributed by atoms with Gasteiger partial charge in [0, 0.05) is 49.9 Å². The summed E-state index contributed by atoms with van der Waals surface area (Å²) in [6.45, 7) is 6.27. The topological polar surface area (TPSA) is 58.7 Å². The third-order valence-electron chi connectivity index (χ3n) is 5.11. The maximum atomic E-state index is 13.9. The van der Waals surface area contributed by atoms with Crippen LogP contribution in [0.2, 0.25) is 0 Å². The number of ether oxygens (including phenoxy) is 1. The average molecular weight is 397 g/mol. The summed E-state index contributed by atoms with van der Waals surface area (Å²) < 4.78 is 49.8. The summed E-state index contributed by atoms with van der Waals surface area (Å²) in [4.78, 5) is 2.04. The summed E-state index contributed by atoms with van der Waals surface area (Å²) in [5.41, 5.74) is 0.687. The molecule has 9 heteroatoms. The monoisotopic (exact) mass is 397 g/mol. The molecule has 0 amide bonds. The zero-order valence-electron chi connectivity index (χ0n) is 16.3. The van der Waals surface area contributed by atoms with Crippen molar-refractivity contribution in [3.63, 3.8) is 0 Å². The second-order valence-electron chi connectivity index (χ2n) is 7.03. The smallest absolute Gasteiger partial charge is 0.380 e.